The number of methoxy groups -OCH3 is 1. The van der Waals surface area contributed by atoms with Crippen molar-refractivity contribution in [1.29, 1.82) is 0 Å². The third-order valence-corrected chi connectivity index (χ3v) is 4.30. The fourth-order valence-electron chi connectivity index (χ4n) is 2.84. The maximum Gasteiger partial charge on any atom is 0.169 e. The number of aryl methyl sites for hydroxylation is 1. The van der Waals surface area contributed by atoms with Gasteiger partial charge in [-0.25, -0.2) is 0 Å². The summed E-state index contributed by atoms with van der Waals surface area (Å²) in [5.74, 6) is 0. The topological polar surface area (TPSA) is 29.4 Å². The number of nitrogens with one attached hydrogen (secondary N) is 1. The minimum atomic E-state index is 0.389. The number of nitrogens with zero attached hydrogens (tertiary/aromatic N) is 2. The summed E-state index contributed by atoms with van der Waals surface area (Å²) in [6.07, 6.45) is 7.06. The Morgan fingerprint density at radius 3 is 3.00 bits per heavy atom. The van der Waals surface area contributed by atoms with E-state index in [1.807, 2.05) is 0 Å². The first-order chi connectivity index (χ1) is 9.74. The van der Waals surface area contributed by atoms with E-state index in [0.29, 0.717) is 12.6 Å². The number of thiocarbonyl (C=S) groups is 1. The molecule has 1 atom stereocenters. The highest BCUT2D eigenvalue weighted by atomic mass is 32.1. The second kappa shape index (κ2) is 7.64. The van der Waals surface area contributed by atoms with Crippen molar-refractivity contribution < 1.29 is 4.74 Å². The lowest BCUT2D eigenvalue weighted by Gasteiger charge is -2.33. The molecule has 20 heavy (non-hydrogen) atoms. The van der Waals surface area contributed by atoms with Crippen LogP contribution in [-0.2, 0) is 11.8 Å². The average Bonchev–Trinajstić information content (AvgIpc) is 2.73. The summed E-state index contributed by atoms with van der Waals surface area (Å²) in [5.41, 5.74) is 1.35. The number of likely N-dealkylation sites (tertiary alicyclic amines) is 1. The van der Waals surface area contributed by atoms with Crippen LogP contribution in [0.3, 0.4) is 0 Å². The second-order valence-electron chi connectivity index (χ2n) is 5.33. The summed E-state index contributed by atoms with van der Waals surface area (Å²) >= 11 is 5.59. The molecule has 1 aromatic heterocycles. The molecule has 1 N–H and O–H groups in total. The largest absolute Gasteiger partial charge is 0.383 e. The minimum absolute atomic E-state index is 0.389. The Kier molecular flexibility index (Phi) is 5.86. The summed E-state index contributed by atoms with van der Waals surface area (Å²) in [7, 11) is 3.82. The van der Waals surface area contributed by atoms with Crippen LogP contribution in [0.4, 0.5) is 0 Å². The molecule has 2 heterocycles. The molecule has 1 aliphatic heterocycles. The van der Waals surface area contributed by atoms with Crippen LogP contribution in [0.2, 0.25) is 0 Å². The number of hydrogen-bond donors (Lipinski definition) is 1. The molecule has 2 rings (SSSR count). The van der Waals surface area contributed by atoms with E-state index in [4.69, 9.17) is 17.0 Å². The fraction of sp³-hybridized carbons (Fsp3) is 0.667. The number of aromatic nitrogens is 1. The van der Waals surface area contributed by atoms with Crippen LogP contribution >= 0.6 is 12.2 Å². The van der Waals surface area contributed by atoms with Crippen molar-refractivity contribution in [2.45, 2.75) is 31.7 Å². The van der Waals surface area contributed by atoms with Crippen LogP contribution in [0.1, 0.15) is 37.4 Å². The Hall–Kier alpha value is -1.07. The Morgan fingerprint density at radius 1 is 1.45 bits per heavy atom. The van der Waals surface area contributed by atoms with E-state index in [1.54, 1.807) is 7.11 Å². The number of rotatable bonds is 4. The monoisotopic (exact) mass is 295 g/mol. The molecule has 0 amide bonds. The van der Waals surface area contributed by atoms with Crippen molar-refractivity contribution in [3.63, 3.8) is 0 Å². The van der Waals surface area contributed by atoms with Crippen LogP contribution in [-0.4, -0.2) is 41.4 Å². The Bertz CT molecular complexity index is 433. The highest BCUT2D eigenvalue weighted by molar-refractivity contribution is 7.80. The summed E-state index contributed by atoms with van der Waals surface area (Å²) in [6, 6.07) is 4.71. The van der Waals surface area contributed by atoms with Gasteiger partial charge in [0, 0.05) is 39.1 Å². The van der Waals surface area contributed by atoms with Crippen LogP contribution in [0.15, 0.2) is 18.3 Å². The highest BCUT2D eigenvalue weighted by Gasteiger charge is 2.25. The molecular formula is C15H25N3OS. The van der Waals surface area contributed by atoms with Crippen LogP contribution in [0, 0.1) is 0 Å². The third kappa shape index (κ3) is 3.73. The van der Waals surface area contributed by atoms with E-state index in [2.05, 4.69) is 40.2 Å². The van der Waals surface area contributed by atoms with Gasteiger partial charge in [0.15, 0.2) is 5.11 Å². The molecule has 112 valence electrons. The van der Waals surface area contributed by atoms with Gasteiger partial charge in [-0.3, -0.25) is 0 Å². The molecule has 4 nitrogen and oxygen atoms in total. The van der Waals surface area contributed by atoms with E-state index >= 15 is 0 Å². The number of hydrogen-bond acceptors (Lipinski definition) is 2. The lowest BCUT2D eigenvalue weighted by atomic mass is 10.1. The fourth-order valence-corrected chi connectivity index (χ4v) is 3.16. The quantitative estimate of drug-likeness (QED) is 0.682. The normalized spacial score (nSPS) is 19.7. The molecule has 5 heteroatoms. The first kappa shape index (κ1) is 15.3. The van der Waals surface area contributed by atoms with Gasteiger partial charge in [0.25, 0.3) is 0 Å². The SMILES string of the molecule is COCCNC(=S)N1CCCCC[C@@H]1c1cccn1C. The Morgan fingerprint density at radius 2 is 2.30 bits per heavy atom. The molecule has 1 aliphatic rings. The molecular weight excluding hydrogens is 270 g/mol. The summed E-state index contributed by atoms with van der Waals surface area (Å²) in [6.45, 7) is 2.49. The Labute approximate surface area is 127 Å². The molecule has 0 radical (unpaired) electrons. The zero-order chi connectivity index (χ0) is 14.4. The van der Waals surface area contributed by atoms with E-state index in [9.17, 15) is 0 Å². The van der Waals surface area contributed by atoms with Crippen molar-refractivity contribution in [2.24, 2.45) is 7.05 Å². The van der Waals surface area contributed by atoms with E-state index in [1.165, 1.54) is 31.4 Å². The van der Waals surface area contributed by atoms with Gasteiger partial charge in [-0.15, -0.1) is 0 Å². The van der Waals surface area contributed by atoms with Crippen molar-refractivity contribution >= 4 is 17.3 Å². The van der Waals surface area contributed by atoms with Gasteiger partial charge >= 0.3 is 0 Å². The molecule has 1 aromatic rings. The van der Waals surface area contributed by atoms with Gasteiger partial charge in [-0.2, -0.15) is 0 Å². The molecule has 1 fully saturated rings. The third-order valence-electron chi connectivity index (χ3n) is 3.92. The van der Waals surface area contributed by atoms with E-state index < -0.39 is 0 Å². The standard InChI is InChI=1S/C15H25N3OS/c1-17-10-6-8-13(17)14-7-4-3-5-11-18(14)15(20)16-9-12-19-2/h6,8,10,14H,3-5,7,9,11-12H2,1-2H3,(H,16,20)/t14-/m1/s1. The molecule has 0 bridgehead atoms. The number of ether oxygens (including phenoxy) is 1. The predicted molar refractivity (Wildman–Crippen MR) is 85.8 cm³/mol. The minimum Gasteiger partial charge on any atom is -0.383 e. The second-order valence-corrected chi connectivity index (χ2v) is 5.71. The van der Waals surface area contributed by atoms with Gasteiger partial charge in [-0.05, 0) is 37.2 Å². The molecule has 0 saturated carbocycles. The lowest BCUT2D eigenvalue weighted by molar-refractivity contribution is 0.202. The van der Waals surface area contributed by atoms with Crippen LogP contribution < -0.4 is 5.32 Å². The average molecular weight is 295 g/mol. The first-order valence-electron chi connectivity index (χ1n) is 7.38. The maximum atomic E-state index is 5.59. The molecule has 0 aliphatic carbocycles. The van der Waals surface area contributed by atoms with Gasteiger partial charge < -0.3 is 19.5 Å². The van der Waals surface area contributed by atoms with Gasteiger partial charge in [-0.1, -0.05) is 12.8 Å². The lowest BCUT2D eigenvalue weighted by Crippen LogP contribution is -2.43. The maximum absolute atomic E-state index is 5.59. The highest BCUT2D eigenvalue weighted by Crippen LogP contribution is 2.30. The van der Waals surface area contributed by atoms with Gasteiger partial charge in [0.05, 0.1) is 12.6 Å². The van der Waals surface area contributed by atoms with Gasteiger partial charge in [0.1, 0.15) is 0 Å². The van der Waals surface area contributed by atoms with E-state index in [0.717, 1.165) is 18.2 Å². The summed E-state index contributed by atoms with van der Waals surface area (Å²) in [5, 5.41) is 4.17. The zero-order valence-electron chi connectivity index (χ0n) is 12.5. The van der Waals surface area contributed by atoms with E-state index in [-0.39, 0.29) is 0 Å². The smallest absolute Gasteiger partial charge is 0.169 e. The van der Waals surface area contributed by atoms with Gasteiger partial charge in [0.2, 0.25) is 0 Å². The Balaban J connectivity index is 2.09. The summed E-state index contributed by atoms with van der Waals surface area (Å²) < 4.78 is 7.29. The van der Waals surface area contributed by atoms with Crippen LogP contribution in [0.5, 0.6) is 0 Å². The zero-order valence-corrected chi connectivity index (χ0v) is 13.3. The molecule has 0 aromatic carbocycles. The van der Waals surface area contributed by atoms with Crippen molar-refractivity contribution in [2.75, 3.05) is 26.8 Å². The van der Waals surface area contributed by atoms with Crippen LogP contribution in [0.25, 0.3) is 0 Å². The van der Waals surface area contributed by atoms with Crippen molar-refractivity contribution in [1.82, 2.24) is 14.8 Å². The predicted octanol–water partition coefficient (Wildman–Crippen LogP) is 2.46. The van der Waals surface area contributed by atoms with Crippen molar-refractivity contribution in [3.8, 4) is 0 Å². The molecule has 1 saturated heterocycles. The first-order valence-corrected chi connectivity index (χ1v) is 7.79. The molecule has 0 unspecified atom stereocenters. The summed E-state index contributed by atoms with van der Waals surface area (Å²) in [4.78, 5) is 2.35. The molecule has 0 spiro atoms. The van der Waals surface area contributed by atoms with Crippen molar-refractivity contribution in [3.05, 3.63) is 24.0 Å².